The Kier molecular flexibility index (Phi) is 4.95. The van der Waals surface area contributed by atoms with Gasteiger partial charge in [-0.05, 0) is 42.8 Å². The Morgan fingerprint density at radius 2 is 2.04 bits per heavy atom. The number of carbonyl (C=O) groups excluding carboxylic acids is 2. The number of carbonyl (C=O) groups is 2. The normalized spacial score (nSPS) is 10.5. The molecule has 7 heteroatoms. The van der Waals surface area contributed by atoms with E-state index >= 15 is 0 Å². The molecule has 128 valence electrons. The minimum Gasteiger partial charge on any atom is -0.472 e. The van der Waals surface area contributed by atoms with Gasteiger partial charge in [0.2, 0.25) is 0 Å². The van der Waals surface area contributed by atoms with Crippen molar-refractivity contribution in [2.45, 2.75) is 13.5 Å². The minimum absolute atomic E-state index is 0.219. The molecule has 0 aliphatic rings. The van der Waals surface area contributed by atoms with Gasteiger partial charge in [0.25, 0.3) is 11.8 Å². The van der Waals surface area contributed by atoms with Crippen LogP contribution in [-0.2, 0) is 6.54 Å². The number of hydrogen-bond donors (Lipinski definition) is 2. The van der Waals surface area contributed by atoms with Gasteiger partial charge in [-0.15, -0.1) is 11.3 Å². The predicted molar refractivity (Wildman–Crippen MR) is 93.3 cm³/mol. The first kappa shape index (κ1) is 16.9. The first-order chi connectivity index (χ1) is 12.0. The van der Waals surface area contributed by atoms with Crippen LogP contribution in [0.1, 0.15) is 31.2 Å². The van der Waals surface area contributed by atoms with Crippen LogP contribution in [-0.4, -0.2) is 11.8 Å². The lowest BCUT2D eigenvalue weighted by atomic mass is 10.2. The van der Waals surface area contributed by atoms with E-state index < -0.39 is 11.7 Å². The van der Waals surface area contributed by atoms with Gasteiger partial charge in [0.1, 0.15) is 5.82 Å². The number of anilines is 1. The second kappa shape index (κ2) is 7.31. The van der Waals surface area contributed by atoms with Gasteiger partial charge >= 0.3 is 0 Å². The maximum absolute atomic E-state index is 13.2. The fourth-order valence-corrected chi connectivity index (χ4v) is 3.22. The Labute approximate surface area is 147 Å². The molecule has 2 aromatic heterocycles. The molecule has 0 saturated heterocycles. The summed E-state index contributed by atoms with van der Waals surface area (Å²) >= 11 is 1.17. The van der Waals surface area contributed by atoms with Crippen LogP contribution in [0.3, 0.4) is 0 Å². The van der Waals surface area contributed by atoms with E-state index in [1.165, 1.54) is 35.8 Å². The van der Waals surface area contributed by atoms with E-state index in [0.29, 0.717) is 16.4 Å². The summed E-state index contributed by atoms with van der Waals surface area (Å²) in [5.41, 5.74) is 1.84. The topological polar surface area (TPSA) is 71.3 Å². The van der Waals surface area contributed by atoms with Crippen molar-refractivity contribution in [3.05, 3.63) is 76.3 Å². The van der Waals surface area contributed by atoms with Gasteiger partial charge in [0.05, 0.1) is 22.4 Å². The largest absolute Gasteiger partial charge is 0.472 e. The highest BCUT2D eigenvalue weighted by Gasteiger charge is 2.16. The molecular formula is C18H15FN2O3S. The number of rotatable bonds is 5. The van der Waals surface area contributed by atoms with E-state index in [-0.39, 0.29) is 11.5 Å². The lowest BCUT2D eigenvalue weighted by molar-refractivity contribution is 0.0953. The Hall–Kier alpha value is -2.93. The van der Waals surface area contributed by atoms with E-state index in [1.54, 1.807) is 25.3 Å². The van der Waals surface area contributed by atoms with Crippen LogP contribution in [0.25, 0.3) is 0 Å². The van der Waals surface area contributed by atoms with Crippen LogP contribution in [0.5, 0.6) is 0 Å². The molecule has 0 atom stereocenters. The summed E-state index contributed by atoms with van der Waals surface area (Å²) < 4.78 is 18.2. The summed E-state index contributed by atoms with van der Waals surface area (Å²) in [7, 11) is 0. The number of aryl methyl sites for hydroxylation is 1. The highest BCUT2D eigenvalue weighted by Crippen LogP contribution is 2.27. The monoisotopic (exact) mass is 358 g/mol. The molecule has 2 N–H and O–H groups in total. The van der Waals surface area contributed by atoms with E-state index in [4.69, 9.17) is 4.42 Å². The average molecular weight is 358 g/mol. The Morgan fingerprint density at radius 1 is 1.20 bits per heavy atom. The lowest BCUT2D eigenvalue weighted by Crippen LogP contribution is -2.22. The van der Waals surface area contributed by atoms with Crippen molar-refractivity contribution in [2.24, 2.45) is 0 Å². The summed E-state index contributed by atoms with van der Waals surface area (Å²) in [6, 6.07) is 8.92. The van der Waals surface area contributed by atoms with Crippen molar-refractivity contribution < 1.29 is 18.4 Å². The number of amides is 2. The SMILES string of the molecule is Cc1cc(NC(=O)c2cccc(F)c2)sc1C(=O)NCc1ccoc1. The summed E-state index contributed by atoms with van der Waals surface area (Å²) in [5.74, 6) is -1.13. The van der Waals surface area contributed by atoms with Gasteiger partial charge in [0, 0.05) is 17.7 Å². The van der Waals surface area contributed by atoms with Crippen molar-refractivity contribution in [3.8, 4) is 0 Å². The molecule has 0 radical (unpaired) electrons. The lowest BCUT2D eigenvalue weighted by Gasteiger charge is -2.03. The second-order valence-electron chi connectivity index (χ2n) is 5.40. The highest BCUT2D eigenvalue weighted by atomic mass is 32.1. The van der Waals surface area contributed by atoms with E-state index in [2.05, 4.69) is 10.6 Å². The Morgan fingerprint density at radius 3 is 2.76 bits per heavy atom. The molecule has 3 rings (SSSR count). The molecule has 0 unspecified atom stereocenters. The van der Waals surface area contributed by atoms with E-state index in [9.17, 15) is 14.0 Å². The standard InChI is InChI=1S/C18H15FN2O3S/c1-11-7-15(21-17(22)13-3-2-4-14(19)8-13)25-16(11)18(23)20-9-12-5-6-24-10-12/h2-8,10H,9H2,1H3,(H,20,23)(H,21,22). The maximum atomic E-state index is 13.2. The van der Waals surface area contributed by atoms with Crippen molar-refractivity contribution >= 4 is 28.2 Å². The van der Waals surface area contributed by atoms with Crippen LogP contribution in [0.2, 0.25) is 0 Å². The molecule has 1 aromatic carbocycles. The van der Waals surface area contributed by atoms with Gasteiger partial charge < -0.3 is 15.1 Å². The van der Waals surface area contributed by atoms with Gasteiger partial charge in [-0.1, -0.05) is 6.07 Å². The van der Waals surface area contributed by atoms with Gasteiger partial charge in [0.15, 0.2) is 0 Å². The van der Waals surface area contributed by atoms with Gasteiger partial charge in [-0.2, -0.15) is 0 Å². The average Bonchev–Trinajstić information content (AvgIpc) is 3.22. The van der Waals surface area contributed by atoms with Crippen molar-refractivity contribution in [3.63, 3.8) is 0 Å². The number of benzene rings is 1. The minimum atomic E-state index is -0.477. The fourth-order valence-electron chi connectivity index (χ4n) is 2.24. The molecule has 0 spiro atoms. The molecule has 2 amide bonds. The molecule has 3 aromatic rings. The van der Waals surface area contributed by atoms with Crippen LogP contribution in [0, 0.1) is 12.7 Å². The molecule has 0 aliphatic carbocycles. The van der Waals surface area contributed by atoms with E-state index in [1.807, 2.05) is 0 Å². The van der Waals surface area contributed by atoms with Crippen LogP contribution < -0.4 is 10.6 Å². The van der Waals surface area contributed by atoms with Crippen molar-refractivity contribution in [1.29, 1.82) is 0 Å². The third kappa shape index (κ3) is 4.13. The number of thiophene rings is 1. The zero-order chi connectivity index (χ0) is 17.8. The first-order valence-electron chi connectivity index (χ1n) is 7.49. The van der Waals surface area contributed by atoms with Gasteiger partial charge in [-0.25, -0.2) is 4.39 Å². The molecule has 0 bridgehead atoms. The maximum Gasteiger partial charge on any atom is 0.261 e. The highest BCUT2D eigenvalue weighted by molar-refractivity contribution is 7.18. The summed E-state index contributed by atoms with van der Waals surface area (Å²) in [5, 5.41) is 6.01. The fraction of sp³-hybridized carbons (Fsp3) is 0.111. The molecular weight excluding hydrogens is 343 g/mol. The molecule has 2 heterocycles. The van der Waals surface area contributed by atoms with Crippen molar-refractivity contribution in [1.82, 2.24) is 5.32 Å². The number of furan rings is 1. The molecule has 0 saturated carbocycles. The smallest absolute Gasteiger partial charge is 0.261 e. The molecule has 0 fully saturated rings. The Bertz CT molecular complexity index is 903. The number of hydrogen-bond acceptors (Lipinski definition) is 4. The molecule has 0 aliphatic heterocycles. The molecule has 25 heavy (non-hydrogen) atoms. The summed E-state index contributed by atoms with van der Waals surface area (Å²) in [6.07, 6.45) is 3.10. The van der Waals surface area contributed by atoms with Crippen LogP contribution in [0.4, 0.5) is 9.39 Å². The number of halogens is 1. The van der Waals surface area contributed by atoms with Gasteiger partial charge in [-0.3, -0.25) is 9.59 Å². The van der Waals surface area contributed by atoms with Crippen LogP contribution >= 0.6 is 11.3 Å². The number of nitrogens with one attached hydrogen (secondary N) is 2. The Balaban J connectivity index is 1.67. The third-order valence-corrected chi connectivity index (χ3v) is 4.63. The first-order valence-corrected chi connectivity index (χ1v) is 8.31. The zero-order valence-corrected chi connectivity index (χ0v) is 14.2. The van der Waals surface area contributed by atoms with Crippen LogP contribution in [0.15, 0.2) is 53.3 Å². The predicted octanol–water partition coefficient (Wildman–Crippen LogP) is 3.97. The van der Waals surface area contributed by atoms with E-state index in [0.717, 1.165) is 17.2 Å². The third-order valence-electron chi connectivity index (χ3n) is 3.48. The zero-order valence-electron chi connectivity index (χ0n) is 13.3. The molecule has 5 nitrogen and oxygen atoms in total. The summed E-state index contributed by atoms with van der Waals surface area (Å²) in [6.45, 7) is 2.15. The van der Waals surface area contributed by atoms with Crippen molar-refractivity contribution in [2.75, 3.05) is 5.32 Å². The summed E-state index contributed by atoms with van der Waals surface area (Å²) in [4.78, 5) is 24.9. The quantitative estimate of drug-likeness (QED) is 0.725. The second-order valence-corrected chi connectivity index (χ2v) is 6.45.